The molecule has 0 aromatic carbocycles. The normalized spacial score (nSPS) is 20.0. The Hall–Kier alpha value is -1.99. The summed E-state index contributed by atoms with van der Waals surface area (Å²) in [5.74, 6) is -2.56. The van der Waals surface area contributed by atoms with Crippen molar-refractivity contribution in [2.24, 2.45) is 5.92 Å². The van der Waals surface area contributed by atoms with E-state index in [0.717, 1.165) is 11.4 Å². The van der Waals surface area contributed by atoms with Crippen LogP contribution in [0.15, 0.2) is 12.1 Å². The van der Waals surface area contributed by atoms with Crippen LogP contribution in [0.1, 0.15) is 48.6 Å². The van der Waals surface area contributed by atoms with Crippen molar-refractivity contribution in [1.82, 2.24) is 19.7 Å². The number of hydrogen-bond donors (Lipinski definition) is 0. The summed E-state index contributed by atoms with van der Waals surface area (Å²) < 4.78 is 54.4. The molecular formula is C16H18F4N4. The van der Waals surface area contributed by atoms with Crippen molar-refractivity contribution in [2.75, 3.05) is 0 Å². The molecule has 0 bridgehead atoms. The first kappa shape index (κ1) is 16.9. The number of nitrogens with zero attached hydrogens (tertiary/aromatic N) is 4. The summed E-state index contributed by atoms with van der Waals surface area (Å²) >= 11 is 0. The molecule has 1 aliphatic rings. The lowest BCUT2D eigenvalue weighted by Gasteiger charge is -2.12. The molecule has 8 heteroatoms. The van der Waals surface area contributed by atoms with Gasteiger partial charge in [-0.1, -0.05) is 0 Å². The first-order chi connectivity index (χ1) is 11.2. The Labute approximate surface area is 136 Å². The van der Waals surface area contributed by atoms with Crippen molar-refractivity contribution >= 4 is 0 Å². The molecule has 1 fully saturated rings. The molecule has 24 heavy (non-hydrogen) atoms. The van der Waals surface area contributed by atoms with E-state index in [0.29, 0.717) is 6.42 Å². The average Bonchev–Trinajstić information content (AvgIpc) is 3.00. The smallest absolute Gasteiger partial charge is 0.232 e. The molecule has 1 atom stereocenters. The van der Waals surface area contributed by atoms with Crippen molar-refractivity contribution < 1.29 is 17.6 Å². The second-order valence-electron chi connectivity index (χ2n) is 6.38. The Balaban J connectivity index is 1.93. The van der Waals surface area contributed by atoms with Crippen molar-refractivity contribution in [3.05, 3.63) is 35.0 Å². The zero-order valence-electron chi connectivity index (χ0n) is 13.4. The first-order valence-corrected chi connectivity index (χ1v) is 7.81. The molecule has 0 saturated heterocycles. The molecule has 0 radical (unpaired) electrons. The maximum absolute atomic E-state index is 13.3. The molecule has 2 aromatic heterocycles. The molecule has 4 nitrogen and oxygen atoms in total. The summed E-state index contributed by atoms with van der Waals surface area (Å²) in [4.78, 5) is 8.14. The molecule has 2 heterocycles. The Morgan fingerprint density at radius 1 is 1.25 bits per heavy atom. The third-order valence-electron chi connectivity index (χ3n) is 4.21. The number of aryl methyl sites for hydroxylation is 2. The number of rotatable bonds is 4. The molecule has 130 valence electrons. The molecule has 0 spiro atoms. The minimum absolute atomic E-state index is 0.165. The highest BCUT2D eigenvalue weighted by Crippen LogP contribution is 2.40. The molecule has 0 aliphatic heterocycles. The molecular weight excluding hydrogens is 324 g/mol. The van der Waals surface area contributed by atoms with Crippen LogP contribution in [0.5, 0.6) is 0 Å². The highest BCUT2D eigenvalue weighted by atomic mass is 19.3. The van der Waals surface area contributed by atoms with Crippen LogP contribution in [0.2, 0.25) is 0 Å². The molecule has 1 saturated carbocycles. The standard InChI is InChI=1S/C16H18F4N4/c1-9-5-10(2)24(23-9)14-7-12(15(17)18)21-13(22-14)6-11-3-4-16(19,20)8-11/h5,7,11,15H,3-4,6,8H2,1-2H3. The van der Waals surface area contributed by atoms with Crippen LogP contribution in [0, 0.1) is 19.8 Å². The van der Waals surface area contributed by atoms with Gasteiger partial charge in [0.25, 0.3) is 6.43 Å². The van der Waals surface area contributed by atoms with Gasteiger partial charge < -0.3 is 0 Å². The molecule has 1 unspecified atom stereocenters. The monoisotopic (exact) mass is 342 g/mol. The number of halogens is 4. The van der Waals surface area contributed by atoms with E-state index in [4.69, 9.17) is 0 Å². The van der Waals surface area contributed by atoms with Crippen LogP contribution in [0.25, 0.3) is 5.82 Å². The second-order valence-corrected chi connectivity index (χ2v) is 6.38. The minimum Gasteiger partial charge on any atom is -0.232 e. The van der Waals surface area contributed by atoms with Gasteiger partial charge in [0.1, 0.15) is 11.5 Å². The number of alkyl halides is 4. The Morgan fingerprint density at radius 2 is 2.00 bits per heavy atom. The lowest BCUT2D eigenvalue weighted by atomic mass is 10.0. The van der Waals surface area contributed by atoms with Crippen molar-refractivity contribution in [3.8, 4) is 5.82 Å². The number of hydrogen-bond acceptors (Lipinski definition) is 3. The van der Waals surface area contributed by atoms with Gasteiger partial charge in [0.2, 0.25) is 5.92 Å². The average molecular weight is 342 g/mol. The van der Waals surface area contributed by atoms with Crippen LogP contribution in [-0.4, -0.2) is 25.7 Å². The Morgan fingerprint density at radius 3 is 2.54 bits per heavy atom. The van der Waals surface area contributed by atoms with Gasteiger partial charge in [0, 0.05) is 31.0 Å². The zero-order chi connectivity index (χ0) is 17.5. The van der Waals surface area contributed by atoms with Crippen LogP contribution >= 0.6 is 0 Å². The van der Waals surface area contributed by atoms with E-state index in [9.17, 15) is 17.6 Å². The summed E-state index contributed by atoms with van der Waals surface area (Å²) in [6, 6.07) is 3.00. The third-order valence-corrected chi connectivity index (χ3v) is 4.21. The van der Waals surface area contributed by atoms with Crippen molar-refractivity contribution in [2.45, 2.75) is 51.9 Å². The van der Waals surface area contributed by atoms with Crippen molar-refractivity contribution in [3.63, 3.8) is 0 Å². The van der Waals surface area contributed by atoms with Gasteiger partial charge in [-0.2, -0.15) is 5.10 Å². The topological polar surface area (TPSA) is 43.6 Å². The predicted molar refractivity (Wildman–Crippen MR) is 79.6 cm³/mol. The van der Waals surface area contributed by atoms with Crippen LogP contribution in [-0.2, 0) is 6.42 Å². The van der Waals surface area contributed by atoms with E-state index in [1.54, 1.807) is 19.9 Å². The molecule has 3 rings (SSSR count). The first-order valence-electron chi connectivity index (χ1n) is 7.81. The Bertz CT molecular complexity index is 742. The van der Waals surface area contributed by atoms with Gasteiger partial charge in [-0.3, -0.25) is 0 Å². The fraction of sp³-hybridized carbons (Fsp3) is 0.562. The summed E-state index contributed by atoms with van der Waals surface area (Å²) in [7, 11) is 0. The third kappa shape index (κ3) is 3.57. The highest BCUT2D eigenvalue weighted by molar-refractivity contribution is 5.28. The maximum Gasteiger partial charge on any atom is 0.280 e. The summed E-state index contributed by atoms with van der Waals surface area (Å²) in [6.07, 6.45) is -2.65. The fourth-order valence-corrected chi connectivity index (χ4v) is 3.15. The van der Waals surface area contributed by atoms with Gasteiger partial charge in [0.15, 0.2) is 5.82 Å². The van der Waals surface area contributed by atoms with E-state index < -0.39 is 18.0 Å². The lowest BCUT2D eigenvalue weighted by molar-refractivity contribution is 0.00500. The van der Waals surface area contributed by atoms with Gasteiger partial charge >= 0.3 is 0 Å². The SMILES string of the molecule is Cc1cc(C)n(-c2cc(C(F)F)nc(CC3CCC(F)(F)C3)n2)n1. The predicted octanol–water partition coefficient (Wildman–Crippen LogP) is 4.19. The van der Waals surface area contributed by atoms with Crippen LogP contribution < -0.4 is 0 Å². The van der Waals surface area contributed by atoms with Crippen molar-refractivity contribution in [1.29, 1.82) is 0 Å². The quantitative estimate of drug-likeness (QED) is 0.783. The maximum atomic E-state index is 13.3. The highest BCUT2D eigenvalue weighted by Gasteiger charge is 2.39. The minimum atomic E-state index is -2.76. The van der Waals surface area contributed by atoms with E-state index in [2.05, 4.69) is 15.1 Å². The van der Waals surface area contributed by atoms with Crippen LogP contribution in [0.4, 0.5) is 17.6 Å². The van der Waals surface area contributed by atoms with Gasteiger partial charge in [0.05, 0.1) is 5.69 Å². The second kappa shape index (κ2) is 6.14. The molecule has 0 N–H and O–H groups in total. The van der Waals surface area contributed by atoms with Crippen LogP contribution in [0.3, 0.4) is 0 Å². The fourth-order valence-electron chi connectivity index (χ4n) is 3.15. The van der Waals surface area contributed by atoms with E-state index >= 15 is 0 Å². The van der Waals surface area contributed by atoms with Gasteiger partial charge in [-0.05, 0) is 32.3 Å². The number of aromatic nitrogens is 4. The molecule has 2 aromatic rings. The Kier molecular flexibility index (Phi) is 4.31. The molecule has 0 amide bonds. The van der Waals surface area contributed by atoms with E-state index in [-0.39, 0.29) is 36.8 Å². The summed E-state index contributed by atoms with van der Waals surface area (Å²) in [6.45, 7) is 3.58. The van der Waals surface area contributed by atoms with Gasteiger partial charge in [-0.15, -0.1) is 0 Å². The summed E-state index contributed by atoms with van der Waals surface area (Å²) in [5.41, 5.74) is 1.08. The lowest BCUT2D eigenvalue weighted by Crippen LogP contribution is -2.13. The van der Waals surface area contributed by atoms with E-state index in [1.165, 1.54) is 10.7 Å². The molecule has 1 aliphatic carbocycles. The van der Waals surface area contributed by atoms with E-state index in [1.807, 2.05) is 0 Å². The zero-order valence-corrected chi connectivity index (χ0v) is 13.4. The van der Waals surface area contributed by atoms with Gasteiger partial charge in [-0.25, -0.2) is 32.2 Å². The summed E-state index contributed by atoms with van der Waals surface area (Å²) in [5, 5.41) is 4.24. The largest absolute Gasteiger partial charge is 0.280 e.